The quantitative estimate of drug-likeness (QED) is 0.393. The summed E-state index contributed by atoms with van der Waals surface area (Å²) < 4.78 is 0. The Morgan fingerprint density at radius 2 is 1.66 bits per heavy atom. The highest BCUT2D eigenvalue weighted by molar-refractivity contribution is 6.06. The highest BCUT2D eigenvalue weighted by Crippen LogP contribution is 2.29. The van der Waals surface area contributed by atoms with Crippen LogP contribution in [0.4, 0.5) is 0 Å². The molecule has 38 heavy (non-hydrogen) atoms. The Kier molecular flexibility index (Phi) is 9.47. The van der Waals surface area contributed by atoms with Crippen LogP contribution in [0.2, 0.25) is 0 Å². The van der Waals surface area contributed by atoms with Crippen LogP contribution in [-0.4, -0.2) is 52.0 Å². The van der Waals surface area contributed by atoms with Gasteiger partial charge in [-0.1, -0.05) is 52.0 Å². The van der Waals surface area contributed by atoms with Gasteiger partial charge >= 0.3 is 0 Å². The molecule has 1 aliphatic heterocycles. The summed E-state index contributed by atoms with van der Waals surface area (Å²) in [7, 11) is 0. The van der Waals surface area contributed by atoms with Gasteiger partial charge in [-0.2, -0.15) is 0 Å². The number of benzene rings is 2. The van der Waals surface area contributed by atoms with Crippen molar-refractivity contribution in [2.45, 2.75) is 79.3 Å². The van der Waals surface area contributed by atoms with Crippen LogP contribution in [0.25, 0.3) is 0 Å². The van der Waals surface area contributed by atoms with Gasteiger partial charge in [0.2, 0.25) is 0 Å². The minimum Gasteiger partial charge on any atom is -0.369 e. The van der Waals surface area contributed by atoms with Gasteiger partial charge in [0.05, 0.1) is 6.54 Å². The maximum atomic E-state index is 13.3. The number of carbonyl (C=O) groups excluding carboxylic acids is 3. The number of amides is 2. The summed E-state index contributed by atoms with van der Waals surface area (Å²) in [6.45, 7) is 13.7. The van der Waals surface area contributed by atoms with E-state index in [1.54, 1.807) is 6.07 Å². The number of guanidine groups is 1. The van der Waals surface area contributed by atoms with E-state index in [9.17, 15) is 14.4 Å². The monoisotopic (exact) mass is 518 g/mol. The Hall–Kier alpha value is -3.48. The Morgan fingerprint density at radius 3 is 2.29 bits per heavy atom. The number of aliphatic imine (C=N–C) groups is 1. The first-order valence-corrected chi connectivity index (χ1v) is 13.7. The molecule has 0 bridgehead atoms. The predicted molar refractivity (Wildman–Crippen MR) is 152 cm³/mol. The second-order valence-corrected chi connectivity index (χ2v) is 11.0. The number of rotatable bonds is 12. The van der Waals surface area contributed by atoms with E-state index < -0.39 is 5.54 Å². The zero-order valence-electron chi connectivity index (χ0n) is 23.7. The predicted octanol–water partition coefficient (Wildman–Crippen LogP) is 5.14. The molecule has 3 rings (SSSR count). The highest BCUT2D eigenvalue weighted by atomic mass is 16.2. The van der Waals surface area contributed by atoms with Gasteiger partial charge in [-0.05, 0) is 73.9 Å². The molecule has 2 aromatic rings. The molecule has 204 valence electrons. The first-order chi connectivity index (χ1) is 18.0. The standard InChI is InChI=1S/C31H42N4O3/c1-7-12-34(13-8-2)28(37)26-15-22(5)14-25(18-26)27(36)17-23-10-9-11-24(16-23)20-35-29(38)31(6,19-21(3)4)33-30(35)32/h9-11,14-16,18,21H,7-8,12-13,17,19-20H2,1-6H3,(H2,32,33). The summed E-state index contributed by atoms with van der Waals surface area (Å²) in [4.78, 5) is 47.4. The molecule has 2 N–H and O–H groups in total. The normalized spacial score (nSPS) is 17.2. The van der Waals surface area contributed by atoms with E-state index in [1.807, 2.05) is 55.1 Å². The van der Waals surface area contributed by atoms with Crippen molar-refractivity contribution in [2.24, 2.45) is 16.6 Å². The summed E-state index contributed by atoms with van der Waals surface area (Å²) in [5, 5.41) is 0. The van der Waals surface area contributed by atoms with Crippen LogP contribution in [0.15, 0.2) is 47.5 Å². The first kappa shape index (κ1) is 29.1. The summed E-state index contributed by atoms with van der Waals surface area (Å²) in [6, 6.07) is 13.0. The largest absolute Gasteiger partial charge is 0.369 e. The molecule has 1 unspecified atom stereocenters. The van der Waals surface area contributed by atoms with Crippen molar-refractivity contribution in [3.63, 3.8) is 0 Å². The van der Waals surface area contributed by atoms with Crippen LogP contribution >= 0.6 is 0 Å². The number of nitrogens with zero attached hydrogens (tertiary/aromatic N) is 3. The van der Waals surface area contributed by atoms with E-state index in [0.717, 1.165) is 29.5 Å². The van der Waals surface area contributed by atoms with Crippen LogP contribution in [0.5, 0.6) is 0 Å². The maximum absolute atomic E-state index is 13.3. The van der Waals surface area contributed by atoms with Crippen LogP contribution in [-0.2, 0) is 17.8 Å². The molecule has 0 fully saturated rings. The van der Waals surface area contributed by atoms with Gasteiger partial charge < -0.3 is 10.6 Å². The summed E-state index contributed by atoms with van der Waals surface area (Å²) >= 11 is 0. The summed E-state index contributed by atoms with van der Waals surface area (Å²) in [6.07, 6.45) is 2.60. The lowest BCUT2D eigenvalue weighted by Crippen LogP contribution is -2.43. The van der Waals surface area contributed by atoms with Crippen LogP contribution < -0.4 is 5.73 Å². The van der Waals surface area contributed by atoms with Crippen molar-refractivity contribution in [2.75, 3.05) is 13.1 Å². The lowest BCUT2D eigenvalue weighted by molar-refractivity contribution is -0.131. The Balaban J connectivity index is 1.75. The van der Waals surface area contributed by atoms with E-state index in [-0.39, 0.29) is 30.0 Å². The van der Waals surface area contributed by atoms with E-state index in [0.29, 0.717) is 43.1 Å². The van der Waals surface area contributed by atoms with Gasteiger partial charge in [0.15, 0.2) is 11.7 Å². The number of hydrogen-bond donors (Lipinski definition) is 1. The molecular weight excluding hydrogens is 476 g/mol. The topological polar surface area (TPSA) is 96.1 Å². The molecular formula is C31H42N4O3. The van der Waals surface area contributed by atoms with Crippen molar-refractivity contribution >= 4 is 23.6 Å². The summed E-state index contributed by atoms with van der Waals surface area (Å²) in [5.74, 6) is 0.361. The number of Topliss-reactive ketones (excluding diaryl/α,β-unsaturated/α-hetero) is 1. The fourth-order valence-corrected chi connectivity index (χ4v) is 5.25. The number of aryl methyl sites for hydroxylation is 1. The molecule has 0 saturated heterocycles. The minimum absolute atomic E-state index is 0.0348. The second-order valence-electron chi connectivity index (χ2n) is 11.0. The van der Waals surface area contributed by atoms with Gasteiger partial charge in [0, 0.05) is 30.6 Å². The highest BCUT2D eigenvalue weighted by Gasteiger charge is 2.44. The molecule has 1 atom stereocenters. The van der Waals surface area contributed by atoms with E-state index in [4.69, 9.17) is 5.73 Å². The van der Waals surface area contributed by atoms with E-state index in [1.165, 1.54) is 4.90 Å². The third-order valence-electron chi connectivity index (χ3n) is 6.77. The van der Waals surface area contributed by atoms with Gasteiger partial charge in [-0.25, -0.2) is 4.99 Å². The van der Waals surface area contributed by atoms with Gasteiger partial charge in [0.25, 0.3) is 11.8 Å². The molecule has 0 radical (unpaired) electrons. The van der Waals surface area contributed by atoms with Crippen molar-refractivity contribution in [1.29, 1.82) is 0 Å². The first-order valence-electron chi connectivity index (χ1n) is 13.7. The molecule has 0 aromatic heterocycles. The van der Waals surface area contributed by atoms with Crippen LogP contribution in [0.3, 0.4) is 0 Å². The zero-order valence-corrected chi connectivity index (χ0v) is 23.7. The zero-order chi connectivity index (χ0) is 28.0. The molecule has 0 saturated carbocycles. The molecule has 1 aliphatic rings. The third kappa shape index (κ3) is 6.88. The Bertz CT molecular complexity index is 1210. The Morgan fingerprint density at radius 1 is 1.03 bits per heavy atom. The SMILES string of the molecule is CCCN(CCC)C(=O)c1cc(C)cc(C(=O)Cc2cccc(CN3C(=O)C(C)(CC(C)C)N=C3N)c2)c1. The number of hydrogen-bond acceptors (Lipinski definition) is 5. The number of ketones is 1. The second kappa shape index (κ2) is 12.4. The van der Waals surface area contributed by atoms with E-state index >= 15 is 0 Å². The molecule has 7 heteroatoms. The van der Waals surface area contributed by atoms with Gasteiger partial charge in [-0.3, -0.25) is 19.3 Å². The maximum Gasteiger partial charge on any atom is 0.257 e. The molecule has 1 heterocycles. The molecule has 7 nitrogen and oxygen atoms in total. The van der Waals surface area contributed by atoms with Crippen molar-refractivity contribution < 1.29 is 14.4 Å². The van der Waals surface area contributed by atoms with Crippen molar-refractivity contribution in [3.05, 3.63) is 70.3 Å². The van der Waals surface area contributed by atoms with E-state index in [2.05, 4.69) is 32.7 Å². The fourth-order valence-electron chi connectivity index (χ4n) is 5.25. The molecule has 0 aliphatic carbocycles. The average molecular weight is 519 g/mol. The summed E-state index contributed by atoms with van der Waals surface area (Å²) in [5.41, 5.74) is 8.99. The average Bonchev–Trinajstić information content (AvgIpc) is 3.05. The lowest BCUT2D eigenvalue weighted by atomic mass is 9.91. The van der Waals surface area contributed by atoms with Crippen molar-refractivity contribution in [3.8, 4) is 0 Å². The molecule has 2 amide bonds. The van der Waals surface area contributed by atoms with Gasteiger partial charge in [0.1, 0.15) is 5.54 Å². The minimum atomic E-state index is -0.837. The van der Waals surface area contributed by atoms with Crippen molar-refractivity contribution in [1.82, 2.24) is 9.80 Å². The fraction of sp³-hybridized carbons (Fsp3) is 0.484. The van der Waals surface area contributed by atoms with Gasteiger partial charge in [-0.15, -0.1) is 0 Å². The smallest absolute Gasteiger partial charge is 0.257 e. The molecule has 2 aromatic carbocycles. The Labute approximate surface area is 227 Å². The lowest BCUT2D eigenvalue weighted by Gasteiger charge is -2.23. The van der Waals surface area contributed by atoms with Crippen LogP contribution in [0.1, 0.15) is 91.3 Å². The molecule has 0 spiro atoms. The number of carbonyl (C=O) groups is 3. The number of nitrogens with two attached hydrogens (primary N) is 1. The van der Waals surface area contributed by atoms with Crippen LogP contribution in [0, 0.1) is 12.8 Å². The third-order valence-corrected chi connectivity index (χ3v) is 6.77.